The van der Waals surface area contributed by atoms with Crippen molar-refractivity contribution in [2.24, 2.45) is 0 Å². The molecule has 0 aliphatic rings. The lowest BCUT2D eigenvalue weighted by Gasteiger charge is -2.18. The number of hydrogen-bond acceptors (Lipinski definition) is 2. The molecule has 0 aliphatic heterocycles. The van der Waals surface area contributed by atoms with E-state index in [0.717, 1.165) is 5.56 Å². The van der Waals surface area contributed by atoms with Crippen LogP contribution in [0.25, 0.3) is 0 Å². The number of rotatable bonds is 6. The van der Waals surface area contributed by atoms with E-state index in [0.29, 0.717) is 18.4 Å². The van der Waals surface area contributed by atoms with Crippen LogP contribution in [0.4, 0.5) is 0 Å². The Morgan fingerprint density at radius 1 is 0.826 bits per heavy atom. The highest BCUT2D eigenvalue weighted by Crippen LogP contribution is 2.31. The second-order valence-corrected chi connectivity index (χ2v) is 7.90. The van der Waals surface area contributed by atoms with Gasteiger partial charge in [0.2, 0.25) is 0 Å². The zero-order valence-corrected chi connectivity index (χ0v) is 14.7. The molecule has 0 amide bonds. The molecular formula is C19H24O3S. The van der Waals surface area contributed by atoms with Crippen molar-refractivity contribution in [2.75, 3.05) is 0 Å². The molecule has 1 N–H and O–H groups in total. The quantitative estimate of drug-likeness (QED) is 0.772. The molecule has 0 saturated carbocycles. The third-order valence-electron chi connectivity index (χ3n) is 4.32. The number of aryl methyl sites for hydroxylation is 2. The molecule has 0 radical (unpaired) electrons. The monoisotopic (exact) mass is 332 g/mol. The third kappa shape index (κ3) is 4.91. The molecule has 124 valence electrons. The van der Waals surface area contributed by atoms with Crippen molar-refractivity contribution in [1.82, 2.24) is 0 Å². The first-order valence-corrected chi connectivity index (χ1v) is 9.37. The lowest BCUT2D eigenvalue weighted by molar-refractivity contribution is 0.458. The lowest BCUT2D eigenvalue weighted by Crippen LogP contribution is -2.13. The molecule has 2 aromatic carbocycles. The topological polar surface area (TPSA) is 54.4 Å². The molecule has 2 unspecified atom stereocenters. The molecular weight excluding hydrogens is 308 g/mol. The fourth-order valence-corrected chi connectivity index (χ4v) is 3.67. The molecule has 0 aromatic heterocycles. The van der Waals surface area contributed by atoms with Crippen LogP contribution >= 0.6 is 0 Å². The molecule has 23 heavy (non-hydrogen) atoms. The third-order valence-corrected chi connectivity index (χ3v) is 5.54. The second kappa shape index (κ2) is 7.28. The minimum absolute atomic E-state index is 0.241. The number of benzene rings is 2. The smallest absolute Gasteiger partial charge is 0.271 e. The summed E-state index contributed by atoms with van der Waals surface area (Å²) in [5.41, 5.74) is 4.11. The van der Waals surface area contributed by atoms with E-state index in [1.165, 1.54) is 11.1 Å². The molecule has 2 rings (SSSR count). The van der Waals surface area contributed by atoms with Gasteiger partial charge in [-0.05, 0) is 43.7 Å². The minimum atomic E-state index is -4.12. The average Bonchev–Trinajstić information content (AvgIpc) is 2.48. The average molecular weight is 332 g/mol. The molecule has 0 heterocycles. The zero-order chi connectivity index (χ0) is 17.0. The van der Waals surface area contributed by atoms with Crippen LogP contribution in [-0.4, -0.2) is 13.0 Å². The van der Waals surface area contributed by atoms with Crippen molar-refractivity contribution in [2.45, 2.75) is 44.8 Å². The summed E-state index contributed by atoms with van der Waals surface area (Å²) in [6, 6.07) is 15.6. The van der Waals surface area contributed by atoms with E-state index in [1.54, 1.807) is 12.1 Å². The molecule has 0 saturated heterocycles. The predicted molar refractivity (Wildman–Crippen MR) is 94.3 cm³/mol. The summed E-state index contributed by atoms with van der Waals surface area (Å²) in [7, 11) is -4.12. The van der Waals surface area contributed by atoms with E-state index in [4.69, 9.17) is 0 Å². The van der Waals surface area contributed by atoms with E-state index >= 15 is 0 Å². The Labute approximate surface area is 139 Å². The zero-order valence-electron chi connectivity index (χ0n) is 13.9. The molecule has 2 aromatic rings. The van der Waals surface area contributed by atoms with Crippen LogP contribution in [0.15, 0.2) is 48.5 Å². The summed E-state index contributed by atoms with van der Waals surface area (Å²) >= 11 is 0. The van der Waals surface area contributed by atoms with Crippen molar-refractivity contribution in [1.29, 1.82) is 0 Å². The fourth-order valence-electron chi connectivity index (χ4n) is 2.73. The minimum Gasteiger partial charge on any atom is -0.285 e. The molecule has 0 bridgehead atoms. The van der Waals surface area contributed by atoms with E-state index < -0.39 is 15.4 Å². The molecule has 3 nitrogen and oxygen atoms in total. The van der Waals surface area contributed by atoms with Crippen molar-refractivity contribution in [3.8, 4) is 0 Å². The van der Waals surface area contributed by atoms with Crippen molar-refractivity contribution in [3.05, 3.63) is 70.8 Å². The van der Waals surface area contributed by atoms with Gasteiger partial charge in [-0.25, -0.2) is 0 Å². The Morgan fingerprint density at radius 2 is 1.26 bits per heavy atom. The van der Waals surface area contributed by atoms with Crippen molar-refractivity contribution in [3.63, 3.8) is 0 Å². The van der Waals surface area contributed by atoms with Crippen LogP contribution in [0.3, 0.4) is 0 Å². The highest BCUT2D eigenvalue weighted by Gasteiger charge is 2.25. The lowest BCUT2D eigenvalue weighted by atomic mass is 9.93. The van der Waals surface area contributed by atoms with Crippen molar-refractivity contribution >= 4 is 10.1 Å². The summed E-state index contributed by atoms with van der Waals surface area (Å²) in [5, 5.41) is -0.865. The summed E-state index contributed by atoms with van der Waals surface area (Å²) in [6.07, 6.45) is 1.10. The summed E-state index contributed by atoms with van der Waals surface area (Å²) in [6.45, 7) is 6.08. The predicted octanol–water partition coefficient (Wildman–Crippen LogP) is 4.82. The first kappa shape index (κ1) is 17.7. The SMILES string of the molecule is Cc1ccc(C(C)CCC(c2ccc(C)cc2)S(=O)(=O)O)cc1. The summed E-state index contributed by atoms with van der Waals surface area (Å²) in [4.78, 5) is 0. The summed E-state index contributed by atoms with van der Waals surface area (Å²) in [5.74, 6) is 0.241. The molecule has 0 spiro atoms. The molecule has 0 aliphatic carbocycles. The van der Waals surface area contributed by atoms with E-state index in [1.807, 2.05) is 26.0 Å². The van der Waals surface area contributed by atoms with Gasteiger partial charge in [0.05, 0.1) is 0 Å². The summed E-state index contributed by atoms with van der Waals surface area (Å²) < 4.78 is 33.1. The van der Waals surface area contributed by atoms with Crippen LogP contribution in [0.5, 0.6) is 0 Å². The van der Waals surface area contributed by atoms with E-state index in [9.17, 15) is 13.0 Å². The largest absolute Gasteiger partial charge is 0.285 e. The Kier molecular flexibility index (Phi) is 5.60. The van der Waals surface area contributed by atoms with Gasteiger partial charge in [-0.2, -0.15) is 8.42 Å². The van der Waals surface area contributed by atoms with E-state index in [-0.39, 0.29) is 5.92 Å². The Morgan fingerprint density at radius 3 is 1.70 bits per heavy atom. The highest BCUT2D eigenvalue weighted by atomic mass is 32.2. The Bertz CT molecular complexity index is 731. The van der Waals surface area contributed by atoms with Crippen LogP contribution in [0, 0.1) is 13.8 Å². The van der Waals surface area contributed by atoms with E-state index in [2.05, 4.69) is 31.2 Å². The van der Waals surface area contributed by atoms with Gasteiger partial charge in [0.15, 0.2) is 0 Å². The highest BCUT2D eigenvalue weighted by molar-refractivity contribution is 7.86. The van der Waals surface area contributed by atoms with Gasteiger partial charge < -0.3 is 0 Å². The normalized spacial score (nSPS) is 14.4. The molecule has 0 fully saturated rings. The van der Waals surface area contributed by atoms with Gasteiger partial charge in [0.1, 0.15) is 5.25 Å². The van der Waals surface area contributed by atoms with Crippen LogP contribution in [0.1, 0.15) is 53.2 Å². The van der Waals surface area contributed by atoms with Gasteiger partial charge in [-0.15, -0.1) is 0 Å². The first-order valence-electron chi connectivity index (χ1n) is 7.87. The fraction of sp³-hybridized carbons (Fsp3) is 0.368. The second-order valence-electron chi connectivity index (χ2n) is 6.30. The Hall–Kier alpha value is -1.65. The molecule has 4 heteroatoms. The van der Waals surface area contributed by atoms with Gasteiger partial charge in [-0.1, -0.05) is 66.6 Å². The Balaban J connectivity index is 2.13. The number of hydrogen-bond donors (Lipinski definition) is 1. The van der Waals surface area contributed by atoms with Crippen molar-refractivity contribution < 1.29 is 13.0 Å². The maximum absolute atomic E-state index is 11.8. The maximum Gasteiger partial charge on any atom is 0.271 e. The van der Waals surface area contributed by atoms with Gasteiger partial charge in [0, 0.05) is 0 Å². The maximum atomic E-state index is 11.8. The van der Waals surface area contributed by atoms with Gasteiger partial charge in [-0.3, -0.25) is 4.55 Å². The first-order chi connectivity index (χ1) is 10.8. The standard InChI is InChI=1S/C19H24O3S/c1-14-4-9-17(10-5-14)16(3)8-13-19(23(20,21)22)18-11-6-15(2)7-12-18/h4-7,9-12,16,19H,8,13H2,1-3H3,(H,20,21,22). The molecule has 2 atom stereocenters. The van der Waals surface area contributed by atoms with Gasteiger partial charge >= 0.3 is 0 Å². The van der Waals surface area contributed by atoms with Crippen LogP contribution in [-0.2, 0) is 10.1 Å². The van der Waals surface area contributed by atoms with Crippen LogP contribution in [0.2, 0.25) is 0 Å². The van der Waals surface area contributed by atoms with Gasteiger partial charge in [0.25, 0.3) is 10.1 Å². The van der Waals surface area contributed by atoms with Crippen LogP contribution < -0.4 is 0 Å².